The lowest BCUT2D eigenvalue weighted by Crippen LogP contribution is -2.28. The number of aryl methyl sites for hydroxylation is 1. The van der Waals surface area contributed by atoms with E-state index in [2.05, 4.69) is 35.6 Å². The van der Waals surface area contributed by atoms with Gasteiger partial charge < -0.3 is 9.88 Å². The van der Waals surface area contributed by atoms with Gasteiger partial charge in [0.15, 0.2) is 0 Å². The monoisotopic (exact) mass is 181 g/mol. The maximum absolute atomic E-state index is 4.33. The van der Waals surface area contributed by atoms with Crippen LogP contribution < -0.4 is 5.32 Å². The van der Waals surface area contributed by atoms with E-state index >= 15 is 0 Å². The zero-order valence-corrected chi connectivity index (χ0v) is 8.75. The standard InChI is InChI=1S/C10H19N3/c1-4-11-9(3)8-10-12-6-7-13(10)5-2/h6-7,9,11H,4-5,8H2,1-3H3. The van der Waals surface area contributed by atoms with Gasteiger partial charge in [0.05, 0.1) is 0 Å². The number of nitrogens with one attached hydrogen (secondary N) is 1. The highest BCUT2D eigenvalue weighted by Gasteiger charge is 2.05. The van der Waals surface area contributed by atoms with Crippen molar-refractivity contribution in [3.63, 3.8) is 0 Å². The number of hydrogen-bond acceptors (Lipinski definition) is 2. The molecule has 0 saturated carbocycles. The summed E-state index contributed by atoms with van der Waals surface area (Å²) in [5.41, 5.74) is 0. The molecule has 0 saturated heterocycles. The molecule has 0 fully saturated rings. The fourth-order valence-electron chi connectivity index (χ4n) is 1.51. The number of imidazole rings is 1. The van der Waals surface area contributed by atoms with Crippen LogP contribution in [0, 0.1) is 0 Å². The van der Waals surface area contributed by atoms with Crippen LogP contribution in [0.2, 0.25) is 0 Å². The molecule has 1 rings (SSSR count). The molecule has 0 aliphatic carbocycles. The van der Waals surface area contributed by atoms with Crippen LogP contribution in [0.25, 0.3) is 0 Å². The highest BCUT2D eigenvalue weighted by atomic mass is 15.1. The maximum Gasteiger partial charge on any atom is 0.110 e. The van der Waals surface area contributed by atoms with E-state index in [4.69, 9.17) is 0 Å². The smallest absolute Gasteiger partial charge is 0.110 e. The zero-order valence-electron chi connectivity index (χ0n) is 8.75. The predicted molar refractivity (Wildman–Crippen MR) is 54.7 cm³/mol. The fraction of sp³-hybridized carbons (Fsp3) is 0.700. The van der Waals surface area contributed by atoms with Crippen LogP contribution in [0.3, 0.4) is 0 Å². The van der Waals surface area contributed by atoms with Crippen LogP contribution in [0.4, 0.5) is 0 Å². The van der Waals surface area contributed by atoms with E-state index in [1.165, 1.54) is 5.82 Å². The van der Waals surface area contributed by atoms with E-state index in [9.17, 15) is 0 Å². The van der Waals surface area contributed by atoms with Crippen molar-refractivity contribution in [2.75, 3.05) is 6.54 Å². The van der Waals surface area contributed by atoms with E-state index < -0.39 is 0 Å². The van der Waals surface area contributed by atoms with Crippen LogP contribution in [-0.4, -0.2) is 22.1 Å². The summed E-state index contributed by atoms with van der Waals surface area (Å²) >= 11 is 0. The molecule has 1 N–H and O–H groups in total. The number of hydrogen-bond donors (Lipinski definition) is 1. The highest BCUT2D eigenvalue weighted by Crippen LogP contribution is 2.01. The Kier molecular flexibility index (Phi) is 3.96. The molecular weight excluding hydrogens is 162 g/mol. The minimum atomic E-state index is 0.512. The first-order valence-corrected chi connectivity index (χ1v) is 5.01. The van der Waals surface area contributed by atoms with Gasteiger partial charge in [-0.3, -0.25) is 0 Å². The molecule has 0 amide bonds. The van der Waals surface area contributed by atoms with Crippen molar-refractivity contribution < 1.29 is 0 Å². The molecule has 0 radical (unpaired) electrons. The summed E-state index contributed by atoms with van der Waals surface area (Å²) in [4.78, 5) is 4.33. The molecule has 0 bridgehead atoms. The van der Waals surface area contributed by atoms with Crippen LogP contribution in [0.1, 0.15) is 26.6 Å². The number of nitrogens with zero attached hydrogens (tertiary/aromatic N) is 2. The van der Waals surface area contributed by atoms with E-state index in [0.717, 1.165) is 19.5 Å². The first kappa shape index (κ1) is 10.3. The van der Waals surface area contributed by atoms with Crippen molar-refractivity contribution in [3.05, 3.63) is 18.2 Å². The van der Waals surface area contributed by atoms with Gasteiger partial charge in [-0.2, -0.15) is 0 Å². The van der Waals surface area contributed by atoms with Gasteiger partial charge in [0.1, 0.15) is 5.82 Å². The van der Waals surface area contributed by atoms with Crippen molar-refractivity contribution in [3.8, 4) is 0 Å². The summed E-state index contributed by atoms with van der Waals surface area (Å²) in [6, 6.07) is 0.512. The molecule has 1 aromatic heterocycles. The quantitative estimate of drug-likeness (QED) is 0.745. The van der Waals surface area contributed by atoms with Gasteiger partial charge in [-0.1, -0.05) is 6.92 Å². The summed E-state index contributed by atoms with van der Waals surface area (Å²) in [7, 11) is 0. The molecule has 1 unspecified atom stereocenters. The largest absolute Gasteiger partial charge is 0.335 e. The summed E-state index contributed by atoms with van der Waals surface area (Å²) < 4.78 is 2.19. The Labute approximate surface area is 80.2 Å². The molecule has 74 valence electrons. The first-order valence-electron chi connectivity index (χ1n) is 5.01. The molecule has 3 nitrogen and oxygen atoms in total. The highest BCUT2D eigenvalue weighted by molar-refractivity contribution is 4.94. The minimum Gasteiger partial charge on any atom is -0.335 e. The zero-order chi connectivity index (χ0) is 9.68. The van der Waals surface area contributed by atoms with Crippen LogP contribution in [0.5, 0.6) is 0 Å². The van der Waals surface area contributed by atoms with Crippen molar-refractivity contribution in [2.24, 2.45) is 0 Å². The van der Waals surface area contributed by atoms with Crippen molar-refractivity contribution >= 4 is 0 Å². The Bertz CT molecular complexity index is 242. The average Bonchev–Trinajstić information content (AvgIpc) is 2.52. The lowest BCUT2D eigenvalue weighted by Gasteiger charge is -2.12. The Morgan fingerprint density at radius 1 is 1.54 bits per heavy atom. The Hall–Kier alpha value is -0.830. The number of rotatable bonds is 5. The van der Waals surface area contributed by atoms with Crippen LogP contribution in [0.15, 0.2) is 12.4 Å². The lowest BCUT2D eigenvalue weighted by molar-refractivity contribution is 0.536. The summed E-state index contributed by atoms with van der Waals surface area (Å²) in [5, 5.41) is 3.38. The molecule has 0 aromatic carbocycles. The molecule has 13 heavy (non-hydrogen) atoms. The lowest BCUT2D eigenvalue weighted by atomic mass is 10.2. The van der Waals surface area contributed by atoms with Gasteiger partial charge in [-0.15, -0.1) is 0 Å². The van der Waals surface area contributed by atoms with Gasteiger partial charge in [0.2, 0.25) is 0 Å². The van der Waals surface area contributed by atoms with Gasteiger partial charge >= 0.3 is 0 Å². The second-order valence-corrected chi connectivity index (χ2v) is 3.29. The topological polar surface area (TPSA) is 29.9 Å². The van der Waals surface area contributed by atoms with Crippen LogP contribution in [-0.2, 0) is 13.0 Å². The molecule has 0 spiro atoms. The third kappa shape index (κ3) is 2.84. The van der Waals surface area contributed by atoms with E-state index in [1.54, 1.807) is 0 Å². The van der Waals surface area contributed by atoms with Gasteiger partial charge in [0, 0.05) is 31.4 Å². The SMILES string of the molecule is CCNC(C)Cc1nccn1CC. The van der Waals surface area contributed by atoms with E-state index in [0.29, 0.717) is 6.04 Å². The molecule has 1 atom stereocenters. The second kappa shape index (κ2) is 5.02. The van der Waals surface area contributed by atoms with Crippen molar-refractivity contribution in [1.29, 1.82) is 0 Å². The normalized spacial score (nSPS) is 13.2. The fourth-order valence-corrected chi connectivity index (χ4v) is 1.51. The molecule has 0 aliphatic rings. The summed E-state index contributed by atoms with van der Waals surface area (Å²) in [6.07, 6.45) is 4.92. The molecular formula is C10H19N3. The Morgan fingerprint density at radius 3 is 2.92 bits per heavy atom. The minimum absolute atomic E-state index is 0.512. The molecule has 0 aliphatic heterocycles. The van der Waals surface area contributed by atoms with E-state index in [1.807, 2.05) is 12.4 Å². The summed E-state index contributed by atoms with van der Waals surface area (Å²) in [5.74, 6) is 1.18. The second-order valence-electron chi connectivity index (χ2n) is 3.29. The third-order valence-corrected chi connectivity index (χ3v) is 2.18. The van der Waals surface area contributed by atoms with Gasteiger partial charge in [0.25, 0.3) is 0 Å². The van der Waals surface area contributed by atoms with E-state index in [-0.39, 0.29) is 0 Å². The maximum atomic E-state index is 4.33. The van der Waals surface area contributed by atoms with Crippen molar-refractivity contribution in [1.82, 2.24) is 14.9 Å². The molecule has 1 aromatic rings. The number of likely N-dealkylation sites (N-methyl/N-ethyl adjacent to an activating group) is 1. The third-order valence-electron chi connectivity index (χ3n) is 2.18. The van der Waals surface area contributed by atoms with Crippen LogP contribution >= 0.6 is 0 Å². The first-order chi connectivity index (χ1) is 6.27. The Balaban J connectivity index is 2.52. The number of aromatic nitrogens is 2. The van der Waals surface area contributed by atoms with Gasteiger partial charge in [-0.05, 0) is 20.4 Å². The predicted octanol–water partition coefficient (Wildman–Crippen LogP) is 1.44. The average molecular weight is 181 g/mol. The van der Waals surface area contributed by atoms with Crippen molar-refractivity contribution in [2.45, 2.75) is 39.8 Å². The van der Waals surface area contributed by atoms with Gasteiger partial charge in [-0.25, -0.2) is 4.98 Å². The molecule has 1 heterocycles. The molecule has 3 heteroatoms. The Morgan fingerprint density at radius 2 is 2.31 bits per heavy atom. The summed E-state index contributed by atoms with van der Waals surface area (Å²) in [6.45, 7) is 8.49.